The van der Waals surface area contributed by atoms with Gasteiger partial charge in [0.1, 0.15) is 0 Å². The van der Waals surface area contributed by atoms with E-state index >= 15 is 0 Å². The Labute approximate surface area is 64.9 Å². The number of carbonyl (C=O) groups is 1. The quantitative estimate of drug-likeness (QED) is 0.593. The molecule has 1 aromatic carbocycles. The molecule has 0 aliphatic carbocycles. The van der Waals surface area contributed by atoms with E-state index in [0.717, 1.165) is 0 Å². The third-order valence-electron chi connectivity index (χ3n) is 1.02. The first-order valence-electron chi connectivity index (χ1n) is 3.23. The molecular formula is C8H8NO2. The third-order valence-corrected chi connectivity index (χ3v) is 1.02. The van der Waals surface area contributed by atoms with E-state index in [4.69, 9.17) is 4.84 Å². The van der Waals surface area contributed by atoms with Crippen LogP contribution in [0.4, 0.5) is 0 Å². The lowest BCUT2D eigenvalue weighted by atomic mass is 10.3. The van der Waals surface area contributed by atoms with Gasteiger partial charge in [-0.25, -0.2) is 0 Å². The van der Waals surface area contributed by atoms with Crippen LogP contribution in [-0.2, 0) is 4.79 Å². The van der Waals surface area contributed by atoms with Crippen LogP contribution in [-0.4, -0.2) is 5.91 Å². The summed E-state index contributed by atoms with van der Waals surface area (Å²) in [6.45, 7) is 1.34. The number of hydroxylamine groups is 1. The van der Waals surface area contributed by atoms with Gasteiger partial charge >= 0.3 is 0 Å². The molecule has 0 atom stereocenters. The third kappa shape index (κ3) is 2.71. The lowest BCUT2D eigenvalue weighted by molar-refractivity contribution is -0.126. The van der Waals surface area contributed by atoms with Crippen molar-refractivity contribution in [2.75, 3.05) is 0 Å². The summed E-state index contributed by atoms with van der Waals surface area (Å²) in [5.41, 5.74) is 3.26. The van der Waals surface area contributed by atoms with E-state index in [9.17, 15) is 4.79 Å². The number of rotatable bonds is 2. The summed E-state index contributed by atoms with van der Waals surface area (Å²) in [5.74, 6) is 0.233. The van der Waals surface area contributed by atoms with Crippen LogP contribution in [0.1, 0.15) is 6.92 Å². The van der Waals surface area contributed by atoms with Crippen molar-refractivity contribution >= 4 is 5.91 Å². The lowest BCUT2D eigenvalue weighted by Crippen LogP contribution is -2.14. The molecule has 0 aliphatic rings. The summed E-state index contributed by atoms with van der Waals surface area (Å²) < 4.78 is 0. The first-order valence-corrected chi connectivity index (χ1v) is 3.23. The molecule has 0 aliphatic heterocycles. The second-order valence-electron chi connectivity index (χ2n) is 2.01. The zero-order valence-corrected chi connectivity index (χ0v) is 6.15. The molecule has 0 spiro atoms. The first-order chi connectivity index (χ1) is 5.29. The highest BCUT2D eigenvalue weighted by Gasteiger charge is 1.94. The molecule has 0 bridgehead atoms. The van der Waals surface area contributed by atoms with Crippen LogP contribution in [0.5, 0.6) is 5.75 Å². The van der Waals surface area contributed by atoms with Gasteiger partial charge in [-0.05, 0) is 17.6 Å². The van der Waals surface area contributed by atoms with Crippen molar-refractivity contribution in [3.63, 3.8) is 0 Å². The molecule has 0 N–H and O–H groups in total. The largest absolute Gasteiger partial charge is 0.354 e. The zero-order chi connectivity index (χ0) is 8.10. The SMILES string of the molecule is CC(=O)[N]Oc1ccccc1. The van der Waals surface area contributed by atoms with Gasteiger partial charge in [0.05, 0.1) is 0 Å². The van der Waals surface area contributed by atoms with Gasteiger partial charge in [-0.3, -0.25) is 4.79 Å². The van der Waals surface area contributed by atoms with Crippen molar-refractivity contribution in [1.82, 2.24) is 5.48 Å². The van der Waals surface area contributed by atoms with E-state index in [2.05, 4.69) is 5.48 Å². The maximum Gasteiger partial charge on any atom is 0.278 e. The molecule has 0 saturated carbocycles. The molecule has 0 aromatic heterocycles. The monoisotopic (exact) mass is 150 g/mol. The van der Waals surface area contributed by atoms with Gasteiger partial charge in [0.15, 0.2) is 5.75 Å². The molecular weight excluding hydrogens is 142 g/mol. The Morgan fingerprint density at radius 1 is 1.36 bits per heavy atom. The Hall–Kier alpha value is -1.51. The Bertz CT molecular complexity index is 233. The standard InChI is InChI=1S/C8H8NO2/c1-7(10)9-11-8-5-3-2-4-6-8/h2-6H,1H3. The summed E-state index contributed by atoms with van der Waals surface area (Å²) >= 11 is 0. The molecule has 1 radical (unpaired) electrons. The number of carbonyl (C=O) groups excluding carboxylic acids is 1. The van der Waals surface area contributed by atoms with Crippen molar-refractivity contribution in [2.24, 2.45) is 0 Å². The van der Waals surface area contributed by atoms with Gasteiger partial charge in [-0.1, -0.05) is 18.2 Å². The average molecular weight is 150 g/mol. The van der Waals surface area contributed by atoms with Gasteiger partial charge in [0.2, 0.25) is 0 Å². The Morgan fingerprint density at radius 2 is 2.00 bits per heavy atom. The van der Waals surface area contributed by atoms with Gasteiger partial charge in [-0.15, -0.1) is 0 Å². The Morgan fingerprint density at radius 3 is 2.55 bits per heavy atom. The predicted octanol–water partition coefficient (Wildman–Crippen LogP) is 1.13. The molecule has 0 fully saturated rings. The first kappa shape index (κ1) is 7.60. The van der Waals surface area contributed by atoms with Gasteiger partial charge in [0.25, 0.3) is 5.91 Å². The average Bonchev–Trinajstić information content (AvgIpc) is 2.03. The highest BCUT2D eigenvalue weighted by Crippen LogP contribution is 2.06. The van der Waals surface area contributed by atoms with Crippen LogP contribution in [0.25, 0.3) is 0 Å². The van der Waals surface area contributed by atoms with Crippen molar-refractivity contribution in [3.05, 3.63) is 30.3 Å². The van der Waals surface area contributed by atoms with E-state index in [1.165, 1.54) is 6.92 Å². The fourth-order valence-corrected chi connectivity index (χ4v) is 0.598. The van der Waals surface area contributed by atoms with Crippen LogP contribution >= 0.6 is 0 Å². The molecule has 1 aromatic rings. The summed E-state index contributed by atoms with van der Waals surface area (Å²) in [5, 5.41) is 0. The summed E-state index contributed by atoms with van der Waals surface area (Å²) in [7, 11) is 0. The Kier molecular flexibility index (Phi) is 2.49. The molecule has 3 heteroatoms. The van der Waals surface area contributed by atoms with E-state index in [0.29, 0.717) is 5.75 Å². The normalized spacial score (nSPS) is 8.82. The van der Waals surface area contributed by atoms with Crippen LogP contribution in [0.3, 0.4) is 0 Å². The lowest BCUT2D eigenvalue weighted by Gasteiger charge is -1.98. The number of hydrogen-bond acceptors (Lipinski definition) is 2. The predicted molar refractivity (Wildman–Crippen MR) is 39.9 cm³/mol. The molecule has 1 rings (SSSR count). The second kappa shape index (κ2) is 3.61. The maximum atomic E-state index is 10.3. The molecule has 57 valence electrons. The minimum absolute atomic E-state index is 0.339. The number of amides is 1. The van der Waals surface area contributed by atoms with E-state index in [1.54, 1.807) is 12.1 Å². The Balaban J connectivity index is 2.45. The van der Waals surface area contributed by atoms with Crippen LogP contribution in [0.15, 0.2) is 30.3 Å². The smallest absolute Gasteiger partial charge is 0.278 e. The summed E-state index contributed by atoms with van der Waals surface area (Å²) in [6.07, 6.45) is 0. The van der Waals surface area contributed by atoms with Crippen LogP contribution < -0.4 is 10.3 Å². The van der Waals surface area contributed by atoms with Gasteiger partial charge in [0, 0.05) is 6.92 Å². The number of hydrogen-bond donors (Lipinski definition) is 0. The minimum atomic E-state index is -0.339. The number of nitrogens with zero attached hydrogens (tertiary/aromatic N) is 1. The fourth-order valence-electron chi connectivity index (χ4n) is 0.598. The molecule has 11 heavy (non-hydrogen) atoms. The summed E-state index contributed by atoms with van der Waals surface area (Å²) in [4.78, 5) is 15.1. The van der Waals surface area contributed by atoms with Crippen molar-refractivity contribution in [2.45, 2.75) is 6.92 Å². The highest BCUT2D eigenvalue weighted by molar-refractivity contribution is 5.71. The van der Waals surface area contributed by atoms with Gasteiger partial charge < -0.3 is 4.84 Å². The van der Waals surface area contributed by atoms with Crippen LogP contribution in [0, 0.1) is 0 Å². The van der Waals surface area contributed by atoms with Gasteiger partial charge in [-0.2, -0.15) is 0 Å². The molecule has 0 heterocycles. The topological polar surface area (TPSA) is 40.4 Å². The fraction of sp³-hybridized carbons (Fsp3) is 0.125. The summed E-state index contributed by atoms with van der Waals surface area (Å²) in [6, 6.07) is 8.94. The van der Waals surface area contributed by atoms with Crippen molar-refractivity contribution in [1.29, 1.82) is 0 Å². The zero-order valence-electron chi connectivity index (χ0n) is 6.15. The van der Waals surface area contributed by atoms with Crippen molar-refractivity contribution < 1.29 is 9.63 Å². The number of benzene rings is 1. The second-order valence-corrected chi connectivity index (χ2v) is 2.01. The number of para-hydroxylation sites is 1. The molecule has 0 saturated heterocycles. The van der Waals surface area contributed by atoms with E-state index in [-0.39, 0.29) is 5.91 Å². The molecule has 1 amide bonds. The molecule has 3 nitrogen and oxygen atoms in total. The van der Waals surface area contributed by atoms with Crippen molar-refractivity contribution in [3.8, 4) is 5.75 Å². The van der Waals surface area contributed by atoms with Crippen LogP contribution in [0.2, 0.25) is 0 Å². The van der Waals surface area contributed by atoms with E-state index < -0.39 is 0 Å². The highest BCUT2D eigenvalue weighted by atomic mass is 16.7. The maximum absolute atomic E-state index is 10.3. The van der Waals surface area contributed by atoms with E-state index in [1.807, 2.05) is 18.2 Å². The molecule has 0 unspecified atom stereocenters. The minimum Gasteiger partial charge on any atom is -0.354 e.